The SMILES string of the molecule is NC(CNC1CC1)C1CCSC1. The summed E-state index contributed by atoms with van der Waals surface area (Å²) in [5.41, 5.74) is 6.08. The standard InChI is InChI=1S/C9H18N2S/c10-9(5-11-8-1-2-8)7-3-4-12-6-7/h7-9,11H,1-6,10H2. The van der Waals surface area contributed by atoms with E-state index in [1.54, 1.807) is 0 Å². The first kappa shape index (κ1) is 8.85. The van der Waals surface area contributed by atoms with Gasteiger partial charge in [0.1, 0.15) is 0 Å². The highest BCUT2D eigenvalue weighted by Crippen LogP contribution is 2.25. The highest BCUT2D eigenvalue weighted by molar-refractivity contribution is 7.99. The molecule has 70 valence electrons. The summed E-state index contributed by atoms with van der Waals surface area (Å²) in [6.07, 6.45) is 4.07. The Kier molecular flexibility index (Phi) is 2.94. The Bertz CT molecular complexity index is 141. The van der Waals surface area contributed by atoms with Crippen molar-refractivity contribution in [3.05, 3.63) is 0 Å². The van der Waals surface area contributed by atoms with Gasteiger partial charge in [-0.1, -0.05) is 0 Å². The van der Waals surface area contributed by atoms with E-state index in [2.05, 4.69) is 17.1 Å². The second kappa shape index (κ2) is 3.99. The van der Waals surface area contributed by atoms with E-state index >= 15 is 0 Å². The number of thioether (sulfide) groups is 1. The molecule has 2 rings (SSSR count). The van der Waals surface area contributed by atoms with E-state index < -0.39 is 0 Å². The monoisotopic (exact) mass is 186 g/mol. The van der Waals surface area contributed by atoms with Crippen molar-refractivity contribution in [2.75, 3.05) is 18.1 Å². The van der Waals surface area contributed by atoms with Crippen molar-refractivity contribution in [1.82, 2.24) is 5.32 Å². The third-order valence-corrected chi connectivity index (χ3v) is 3.98. The molecule has 0 spiro atoms. The summed E-state index contributed by atoms with van der Waals surface area (Å²) >= 11 is 2.05. The van der Waals surface area contributed by atoms with Crippen LogP contribution in [0, 0.1) is 5.92 Å². The molecular weight excluding hydrogens is 168 g/mol. The first-order valence-electron chi connectivity index (χ1n) is 4.93. The zero-order valence-electron chi connectivity index (χ0n) is 7.46. The van der Waals surface area contributed by atoms with E-state index in [-0.39, 0.29) is 0 Å². The normalized spacial score (nSPS) is 32.2. The maximum Gasteiger partial charge on any atom is 0.0202 e. The van der Waals surface area contributed by atoms with E-state index in [0.29, 0.717) is 6.04 Å². The molecule has 0 aromatic heterocycles. The lowest BCUT2D eigenvalue weighted by molar-refractivity contribution is 0.436. The summed E-state index contributed by atoms with van der Waals surface area (Å²) in [6, 6.07) is 1.21. The minimum absolute atomic E-state index is 0.403. The van der Waals surface area contributed by atoms with Crippen LogP contribution < -0.4 is 11.1 Å². The molecule has 1 heterocycles. The fourth-order valence-corrected chi connectivity index (χ4v) is 3.00. The Balaban J connectivity index is 1.64. The van der Waals surface area contributed by atoms with Gasteiger partial charge in [0.05, 0.1) is 0 Å². The van der Waals surface area contributed by atoms with Crippen molar-refractivity contribution in [1.29, 1.82) is 0 Å². The number of hydrogen-bond donors (Lipinski definition) is 2. The third kappa shape index (κ3) is 2.38. The van der Waals surface area contributed by atoms with Gasteiger partial charge in [0.25, 0.3) is 0 Å². The van der Waals surface area contributed by atoms with E-state index in [9.17, 15) is 0 Å². The molecule has 3 heteroatoms. The van der Waals surface area contributed by atoms with Gasteiger partial charge in [0.2, 0.25) is 0 Å². The van der Waals surface area contributed by atoms with Gasteiger partial charge in [0.15, 0.2) is 0 Å². The number of rotatable bonds is 4. The first-order valence-corrected chi connectivity index (χ1v) is 6.08. The topological polar surface area (TPSA) is 38.0 Å². The van der Waals surface area contributed by atoms with Gasteiger partial charge in [-0.15, -0.1) is 0 Å². The molecular formula is C9H18N2S. The maximum atomic E-state index is 6.08. The second-order valence-electron chi connectivity index (χ2n) is 3.97. The fourth-order valence-electron chi connectivity index (χ4n) is 1.65. The largest absolute Gasteiger partial charge is 0.326 e. The molecule has 2 nitrogen and oxygen atoms in total. The Morgan fingerprint density at radius 3 is 2.83 bits per heavy atom. The van der Waals surface area contributed by atoms with Gasteiger partial charge in [-0.25, -0.2) is 0 Å². The predicted octanol–water partition coefficient (Wildman–Crippen LogP) is 0.819. The second-order valence-corrected chi connectivity index (χ2v) is 5.12. The summed E-state index contributed by atoms with van der Waals surface area (Å²) in [6.45, 7) is 1.04. The smallest absolute Gasteiger partial charge is 0.0202 e. The third-order valence-electron chi connectivity index (χ3n) is 2.79. The summed E-state index contributed by atoms with van der Waals surface area (Å²) < 4.78 is 0. The molecule has 2 fully saturated rings. The van der Waals surface area contributed by atoms with Gasteiger partial charge >= 0.3 is 0 Å². The molecule has 2 unspecified atom stereocenters. The van der Waals surface area contributed by atoms with E-state index in [1.165, 1.54) is 30.8 Å². The predicted molar refractivity (Wildman–Crippen MR) is 54.4 cm³/mol. The van der Waals surface area contributed by atoms with Crippen molar-refractivity contribution in [2.45, 2.75) is 31.3 Å². The molecule has 1 saturated carbocycles. The lowest BCUT2D eigenvalue weighted by Crippen LogP contribution is -2.40. The highest BCUT2D eigenvalue weighted by Gasteiger charge is 2.25. The van der Waals surface area contributed by atoms with Crippen molar-refractivity contribution in [2.24, 2.45) is 11.7 Å². The van der Waals surface area contributed by atoms with Gasteiger partial charge < -0.3 is 11.1 Å². The average molecular weight is 186 g/mol. The minimum Gasteiger partial charge on any atom is -0.326 e. The Morgan fingerprint density at radius 1 is 1.42 bits per heavy atom. The lowest BCUT2D eigenvalue weighted by Gasteiger charge is -2.18. The number of nitrogens with two attached hydrogens (primary N) is 1. The Morgan fingerprint density at radius 2 is 2.25 bits per heavy atom. The summed E-state index contributed by atoms with van der Waals surface area (Å²) in [5.74, 6) is 3.39. The van der Waals surface area contributed by atoms with Crippen molar-refractivity contribution < 1.29 is 0 Å². The summed E-state index contributed by atoms with van der Waals surface area (Å²) in [4.78, 5) is 0. The van der Waals surface area contributed by atoms with Gasteiger partial charge in [-0.05, 0) is 36.7 Å². The van der Waals surface area contributed by atoms with Gasteiger partial charge in [-0.2, -0.15) is 11.8 Å². The Hall–Kier alpha value is 0.270. The molecule has 0 aromatic carbocycles. The van der Waals surface area contributed by atoms with Crippen molar-refractivity contribution in [3.63, 3.8) is 0 Å². The molecule has 1 saturated heterocycles. The minimum atomic E-state index is 0.403. The lowest BCUT2D eigenvalue weighted by atomic mass is 10.0. The quantitative estimate of drug-likeness (QED) is 0.682. The molecule has 2 aliphatic rings. The summed E-state index contributed by atoms with van der Waals surface area (Å²) in [5, 5.41) is 3.50. The average Bonchev–Trinajstić information content (AvgIpc) is 2.74. The van der Waals surface area contributed by atoms with Crippen LogP contribution in [-0.2, 0) is 0 Å². The van der Waals surface area contributed by atoms with Crippen molar-refractivity contribution >= 4 is 11.8 Å². The molecule has 0 radical (unpaired) electrons. The van der Waals surface area contributed by atoms with Crippen LogP contribution in [0.5, 0.6) is 0 Å². The fraction of sp³-hybridized carbons (Fsp3) is 1.00. The highest BCUT2D eigenvalue weighted by atomic mass is 32.2. The van der Waals surface area contributed by atoms with Crippen LogP contribution in [0.25, 0.3) is 0 Å². The number of nitrogens with one attached hydrogen (secondary N) is 1. The van der Waals surface area contributed by atoms with Gasteiger partial charge in [0, 0.05) is 18.6 Å². The number of hydrogen-bond acceptors (Lipinski definition) is 3. The van der Waals surface area contributed by atoms with E-state index in [0.717, 1.165) is 18.5 Å². The maximum absolute atomic E-state index is 6.08. The van der Waals surface area contributed by atoms with Crippen LogP contribution >= 0.6 is 11.8 Å². The van der Waals surface area contributed by atoms with Crippen LogP contribution in [0.3, 0.4) is 0 Å². The van der Waals surface area contributed by atoms with Crippen LogP contribution in [0.15, 0.2) is 0 Å². The summed E-state index contributed by atoms with van der Waals surface area (Å²) in [7, 11) is 0. The first-order chi connectivity index (χ1) is 5.86. The van der Waals surface area contributed by atoms with Crippen LogP contribution in [0.1, 0.15) is 19.3 Å². The molecule has 0 amide bonds. The van der Waals surface area contributed by atoms with E-state index in [4.69, 9.17) is 5.73 Å². The molecule has 1 aliphatic heterocycles. The molecule has 3 N–H and O–H groups in total. The molecule has 12 heavy (non-hydrogen) atoms. The zero-order chi connectivity index (χ0) is 8.39. The Labute approximate surface area is 78.7 Å². The van der Waals surface area contributed by atoms with E-state index in [1.807, 2.05) is 0 Å². The van der Waals surface area contributed by atoms with Gasteiger partial charge in [-0.3, -0.25) is 0 Å². The molecule has 2 atom stereocenters. The van der Waals surface area contributed by atoms with Crippen molar-refractivity contribution in [3.8, 4) is 0 Å². The molecule has 1 aliphatic carbocycles. The van der Waals surface area contributed by atoms with Crippen LogP contribution in [0.2, 0.25) is 0 Å². The molecule has 0 aromatic rings. The molecule has 0 bridgehead atoms. The zero-order valence-corrected chi connectivity index (χ0v) is 8.28. The van der Waals surface area contributed by atoms with Crippen LogP contribution in [-0.4, -0.2) is 30.1 Å². The van der Waals surface area contributed by atoms with Crippen LogP contribution in [0.4, 0.5) is 0 Å².